The Balaban J connectivity index is 2.01. The Hall–Kier alpha value is -2.80. The molecule has 1 amide bonds. The number of carbonyl (C=O) groups excluding carboxylic acids is 1. The Morgan fingerprint density at radius 2 is 2.00 bits per heavy atom. The zero-order valence-corrected chi connectivity index (χ0v) is 17.3. The Morgan fingerprint density at radius 1 is 1.29 bits per heavy atom. The van der Waals surface area contributed by atoms with Crippen molar-refractivity contribution in [1.29, 1.82) is 0 Å². The molecule has 0 atom stereocenters. The van der Waals surface area contributed by atoms with Crippen molar-refractivity contribution in [2.75, 3.05) is 11.9 Å². The van der Waals surface area contributed by atoms with E-state index >= 15 is 0 Å². The fraction of sp³-hybridized carbons (Fsp3) is 0.350. The molecule has 0 fully saturated rings. The number of rotatable bonds is 3. The Morgan fingerprint density at radius 3 is 2.61 bits per heavy atom. The number of amides is 1. The largest absolute Gasteiger partial charge is 0.443 e. The normalized spacial score (nSPS) is 11.6. The van der Waals surface area contributed by atoms with Gasteiger partial charge in [0.25, 0.3) is 5.56 Å². The number of halogens is 1. The summed E-state index contributed by atoms with van der Waals surface area (Å²) in [6.45, 7) is 5.38. The topological polar surface area (TPSA) is 69.4 Å². The van der Waals surface area contributed by atoms with Gasteiger partial charge in [-0.1, -0.05) is 0 Å². The van der Waals surface area contributed by atoms with Crippen LogP contribution in [0.5, 0.6) is 0 Å². The third-order valence-corrected chi connectivity index (χ3v) is 4.63. The number of alkyl halides is 1. The van der Waals surface area contributed by atoms with Gasteiger partial charge in [0.2, 0.25) is 0 Å². The van der Waals surface area contributed by atoms with Gasteiger partial charge in [-0.15, -0.1) is 11.6 Å². The molecule has 0 unspecified atom stereocenters. The summed E-state index contributed by atoms with van der Waals surface area (Å²) in [4.78, 5) is 30.7. The van der Waals surface area contributed by atoms with Gasteiger partial charge in [0.05, 0.1) is 17.3 Å². The lowest BCUT2D eigenvalue weighted by Crippen LogP contribution is -2.34. The zero-order chi connectivity index (χ0) is 20.6. The predicted octanol–water partition coefficient (Wildman–Crippen LogP) is 3.83. The van der Waals surface area contributed by atoms with Crippen molar-refractivity contribution < 1.29 is 9.53 Å². The van der Waals surface area contributed by atoms with E-state index in [0.29, 0.717) is 17.3 Å². The number of hydrogen-bond donors (Lipinski definition) is 0. The Kier molecular flexibility index (Phi) is 5.21. The number of ether oxygens (including phenoxy) is 1. The monoisotopic (exact) mass is 402 g/mol. The molecule has 148 valence electrons. The zero-order valence-electron chi connectivity index (χ0n) is 16.6. The second-order valence-corrected chi connectivity index (χ2v) is 7.80. The SMILES string of the molecule is CN(C(=O)OC(C)(C)C)c1ccn(-c2ccnc3c2cc(CCl)n3C)c(=O)c1. The molecule has 8 heteroatoms. The summed E-state index contributed by atoms with van der Waals surface area (Å²) in [5.74, 6) is 0.348. The molecular formula is C20H23ClN4O3. The van der Waals surface area contributed by atoms with Crippen LogP contribution in [0, 0.1) is 0 Å². The molecule has 0 aliphatic rings. The molecule has 0 saturated carbocycles. The first kappa shape index (κ1) is 19.9. The van der Waals surface area contributed by atoms with Gasteiger partial charge in [-0.3, -0.25) is 14.3 Å². The average Bonchev–Trinajstić information content (AvgIpc) is 2.96. The number of aromatic nitrogens is 3. The molecule has 0 aromatic carbocycles. The minimum absolute atomic E-state index is 0.267. The summed E-state index contributed by atoms with van der Waals surface area (Å²) >= 11 is 6.00. The molecule has 0 radical (unpaired) electrons. The highest BCUT2D eigenvalue weighted by Crippen LogP contribution is 2.24. The molecule has 0 saturated heterocycles. The van der Waals surface area contributed by atoms with E-state index in [1.165, 1.54) is 15.5 Å². The van der Waals surface area contributed by atoms with Gasteiger partial charge in [-0.05, 0) is 39.0 Å². The summed E-state index contributed by atoms with van der Waals surface area (Å²) < 4.78 is 8.78. The van der Waals surface area contributed by atoms with E-state index in [1.807, 2.05) is 17.7 Å². The number of nitrogens with zero attached hydrogens (tertiary/aromatic N) is 4. The molecule has 3 aromatic heterocycles. The minimum Gasteiger partial charge on any atom is -0.443 e. The van der Waals surface area contributed by atoms with Crippen molar-refractivity contribution in [3.05, 3.63) is 52.7 Å². The second-order valence-electron chi connectivity index (χ2n) is 7.53. The highest BCUT2D eigenvalue weighted by Gasteiger charge is 2.21. The van der Waals surface area contributed by atoms with Crippen LogP contribution in [0.4, 0.5) is 10.5 Å². The average molecular weight is 403 g/mol. The Labute approximate surface area is 168 Å². The smallest absolute Gasteiger partial charge is 0.414 e. The van der Waals surface area contributed by atoms with Crippen molar-refractivity contribution in [1.82, 2.24) is 14.1 Å². The second kappa shape index (κ2) is 7.31. The van der Waals surface area contributed by atoms with Crippen LogP contribution in [0.1, 0.15) is 26.5 Å². The predicted molar refractivity (Wildman–Crippen MR) is 111 cm³/mol. The van der Waals surface area contributed by atoms with E-state index in [0.717, 1.165) is 16.7 Å². The molecule has 0 N–H and O–H groups in total. The van der Waals surface area contributed by atoms with Crippen LogP contribution in [0.25, 0.3) is 16.7 Å². The van der Waals surface area contributed by atoms with Crippen LogP contribution < -0.4 is 10.5 Å². The van der Waals surface area contributed by atoms with Gasteiger partial charge in [0, 0.05) is 43.6 Å². The van der Waals surface area contributed by atoms with Gasteiger partial charge in [-0.25, -0.2) is 9.78 Å². The highest BCUT2D eigenvalue weighted by atomic mass is 35.5. The van der Waals surface area contributed by atoms with Crippen molar-refractivity contribution in [2.24, 2.45) is 7.05 Å². The third kappa shape index (κ3) is 3.75. The molecule has 0 bridgehead atoms. The lowest BCUT2D eigenvalue weighted by Gasteiger charge is -2.24. The van der Waals surface area contributed by atoms with Crippen molar-refractivity contribution in [3.63, 3.8) is 0 Å². The van der Waals surface area contributed by atoms with E-state index in [2.05, 4.69) is 4.98 Å². The van der Waals surface area contributed by atoms with E-state index < -0.39 is 11.7 Å². The maximum Gasteiger partial charge on any atom is 0.414 e. The number of pyridine rings is 2. The fourth-order valence-electron chi connectivity index (χ4n) is 2.91. The van der Waals surface area contributed by atoms with Gasteiger partial charge in [0.15, 0.2) is 0 Å². The van der Waals surface area contributed by atoms with Crippen LogP contribution in [0.3, 0.4) is 0 Å². The van der Waals surface area contributed by atoms with Gasteiger partial charge in [-0.2, -0.15) is 0 Å². The quantitative estimate of drug-likeness (QED) is 0.624. The van der Waals surface area contributed by atoms with Gasteiger partial charge >= 0.3 is 6.09 Å². The van der Waals surface area contributed by atoms with E-state index in [-0.39, 0.29) is 5.56 Å². The molecule has 3 rings (SSSR count). The van der Waals surface area contributed by atoms with Gasteiger partial charge in [0.1, 0.15) is 11.2 Å². The molecule has 28 heavy (non-hydrogen) atoms. The molecule has 3 aromatic rings. The van der Waals surface area contributed by atoms with Crippen LogP contribution in [0.15, 0.2) is 41.5 Å². The maximum atomic E-state index is 12.8. The maximum absolute atomic E-state index is 12.8. The summed E-state index contributed by atoms with van der Waals surface area (Å²) in [5.41, 5.74) is 1.93. The first-order chi connectivity index (χ1) is 13.1. The standard InChI is InChI=1S/C20H23ClN4O3/c1-20(2,3)28-19(27)24(5)13-7-9-25(17(26)11-13)16-6-8-22-18-15(16)10-14(12-21)23(18)4/h6-11H,12H2,1-5H3. The lowest BCUT2D eigenvalue weighted by atomic mass is 10.2. The summed E-state index contributed by atoms with van der Waals surface area (Å²) in [6.07, 6.45) is 2.77. The summed E-state index contributed by atoms with van der Waals surface area (Å²) in [7, 11) is 3.46. The van der Waals surface area contributed by atoms with Crippen molar-refractivity contribution in [2.45, 2.75) is 32.3 Å². The van der Waals surface area contributed by atoms with Crippen molar-refractivity contribution in [3.8, 4) is 5.69 Å². The number of anilines is 1. The summed E-state index contributed by atoms with van der Waals surface area (Å²) in [5, 5.41) is 0.830. The Bertz CT molecular complexity index is 1100. The number of fused-ring (bicyclic) bond motifs is 1. The first-order valence-corrected chi connectivity index (χ1v) is 9.35. The molecule has 3 heterocycles. The summed E-state index contributed by atoms with van der Waals surface area (Å²) in [6, 6.07) is 6.81. The number of carbonyl (C=O) groups is 1. The minimum atomic E-state index is -0.615. The molecule has 0 aliphatic carbocycles. The van der Waals surface area contributed by atoms with Gasteiger partial charge < -0.3 is 9.30 Å². The lowest BCUT2D eigenvalue weighted by molar-refractivity contribution is 0.0589. The van der Waals surface area contributed by atoms with Crippen LogP contribution in [-0.4, -0.2) is 32.9 Å². The molecule has 0 spiro atoms. The highest BCUT2D eigenvalue weighted by molar-refractivity contribution is 6.17. The first-order valence-electron chi connectivity index (χ1n) is 8.81. The van der Waals surface area contributed by atoms with Crippen LogP contribution >= 0.6 is 11.6 Å². The number of hydrogen-bond acceptors (Lipinski definition) is 4. The molecule has 0 aliphatic heterocycles. The number of aryl methyl sites for hydroxylation is 1. The fourth-order valence-corrected chi connectivity index (χ4v) is 3.16. The van der Waals surface area contributed by atoms with E-state index in [1.54, 1.807) is 52.3 Å². The molecule has 7 nitrogen and oxygen atoms in total. The molecular weight excluding hydrogens is 380 g/mol. The van der Waals surface area contributed by atoms with E-state index in [9.17, 15) is 9.59 Å². The van der Waals surface area contributed by atoms with Crippen molar-refractivity contribution >= 4 is 34.4 Å². The van der Waals surface area contributed by atoms with E-state index in [4.69, 9.17) is 16.3 Å². The van der Waals surface area contributed by atoms with Crippen LogP contribution in [-0.2, 0) is 17.7 Å². The third-order valence-electron chi connectivity index (χ3n) is 4.36. The van der Waals surface area contributed by atoms with Crippen LogP contribution in [0.2, 0.25) is 0 Å².